The number of pyridine rings is 1. The summed E-state index contributed by atoms with van der Waals surface area (Å²) in [6, 6.07) is 18.7. The van der Waals surface area contributed by atoms with Crippen LogP contribution in [-0.2, 0) is 20.9 Å². The molecular weight excluding hydrogens is 562 g/mol. The van der Waals surface area contributed by atoms with E-state index in [0.29, 0.717) is 29.3 Å². The third kappa shape index (κ3) is 7.52. The fraction of sp³-hybridized carbons (Fsp3) is 0.364. The van der Waals surface area contributed by atoms with Crippen LogP contribution in [-0.4, -0.2) is 57.9 Å². The van der Waals surface area contributed by atoms with E-state index in [9.17, 15) is 19.2 Å². The van der Waals surface area contributed by atoms with Crippen LogP contribution in [0.5, 0.6) is 11.5 Å². The topological polar surface area (TPSA) is 139 Å². The van der Waals surface area contributed by atoms with Crippen molar-refractivity contribution in [2.24, 2.45) is 5.41 Å². The molecule has 0 radical (unpaired) electrons. The number of benzene rings is 2. The summed E-state index contributed by atoms with van der Waals surface area (Å²) in [6.45, 7) is 7.38. The van der Waals surface area contributed by atoms with E-state index in [1.54, 1.807) is 68.3 Å². The SMILES string of the molecule is CC(C)(C)OC(=O)Nc1ccc(CNC(=O)[C@@H]2C[C@]3(C)C[C@@H]3N2C(=O)CNC(=O)c2ccc(Oc3ccccc3)cc2)cn1. The van der Waals surface area contributed by atoms with Crippen LogP contribution < -0.4 is 20.7 Å². The molecule has 3 N–H and O–H groups in total. The Labute approximate surface area is 256 Å². The van der Waals surface area contributed by atoms with E-state index in [0.717, 1.165) is 12.0 Å². The minimum absolute atomic E-state index is 0.0306. The van der Waals surface area contributed by atoms with Crippen LogP contribution in [0, 0.1) is 5.41 Å². The quantitative estimate of drug-likeness (QED) is 0.326. The molecule has 2 fully saturated rings. The zero-order chi connectivity index (χ0) is 31.5. The monoisotopic (exact) mass is 599 g/mol. The third-order valence-electron chi connectivity index (χ3n) is 7.64. The number of nitrogens with one attached hydrogen (secondary N) is 3. The van der Waals surface area contributed by atoms with Gasteiger partial charge in [-0.3, -0.25) is 19.7 Å². The first kappa shape index (κ1) is 30.5. The van der Waals surface area contributed by atoms with Gasteiger partial charge in [-0.1, -0.05) is 31.2 Å². The molecule has 230 valence electrons. The van der Waals surface area contributed by atoms with E-state index < -0.39 is 17.7 Å². The number of ether oxygens (including phenoxy) is 2. The Morgan fingerprint density at radius 3 is 2.30 bits per heavy atom. The Hall–Kier alpha value is -4.93. The van der Waals surface area contributed by atoms with Gasteiger partial charge in [-0.05, 0) is 87.1 Å². The van der Waals surface area contributed by atoms with E-state index in [4.69, 9.17) is 9.47 Å². The van der Waals surface area contributed by atoms with Crippen molar-refractivity contribution in [3.63, 3.8) is 0 Å². The molecule has 0 bridgehead atoms. The van der Waals surface area contributed by atoms with Gasteiger partial charge < -0.3 is 25.0 Å². The van der Waals surface area contributed by atoms with E-state index in [2.05, 4.69) is 27.9 Å². The molecule has 44 heavy (non-hydrogen) atoms. The first-order chi connectivity index (χ1) is 20.9. The number of hydrogen-bond acceptors (Lipinski definition) is 7. The highest BCUT2D eigenvalue weighted by Gasteiger charge is 2.64. The number of rotatable bonds is 9. The van der Waals surface area contributed by atoms with Gasteiger partial charge in [0.05, 0.1) is 6.54 Å². The van der Waals surface area contributed by atoms with Gasteiger partial charge >= 0.3 is 6.09 Å². The second-order valence-electron chi connectivity index (χ2n) is 12.4. The molecule has 2 aliphatic rings. The predicted molar refractivity (Wildman–Crippen MR) is 163 cm³/mol. The average molecular weight is 600 g/mol. The number of nitrogens with zero attached hydrogens (tertiary/aromatic N) is 2. The molecule has 1 aliphatic heterocycles. The van der Waals surface area contributed by atoms with Crippen molar-refractivity contribution in [1.82, 2.24) is 20.5 Å². The Morgan fingerprint density at radius 2 is 1.64 bits per heavy atom. The number of piperidine rings is 1. The molecule has 1 aromatic heterocycles. The fourth-order valence-electron chi connectivity index (χ4n) is 5.33. The van der Waals surface area contributed by atoms with Gasteiger partial charge in [-0.2, -0.15) is 0 Å². The molecule has 0 unspecified atom stereocenters. The van der Waals surface area contributed by atoms with Gasteiger partial charge in [-0.25, -0.2) is 9.78 Å². The first-order valence-corrected chi connectivity index (χ1v) is 14.6. The average Bonchev–Trinajstić information content (AvgIpc) is 3.54. The summed E-state index contributed by atoms with van der Waals surface area (Å²) in [4.78, 5) is 57.0. The van der Waals surface area contributed by atoms with Crippen LogP contribution in [0.1, 0.15) is 56.5 Å². The molecule has 11 heteroatoms. The molecular formula is C33H37N5O6. The summed E-state index contributed by atoms with van der Waals surface area (Å²) in [5, 5.41) is 8.17. The second kappa shape index (κ2) is 12.4. The van der Waals surface area contributed by atoms with E-state index in [1.807, 2.05) is 30.3 Å². The van der Waals surface area contributed by atoms with Crippen molar-refractivity contribution in [1.29, 1.82) is 0 Å². The van der Waals surface area contributed by atoms with E-state index >= 15 is 0 Å². The van der Waals surface area contributed by atoms with Crippen molar-refractivity contribution in [3.05, 3.63) is 84.1 Å². The molecule has 0 spiro atoms. The van der Waals surface area contributed by atoms with Crippen LogP contribution in [0.3, 0.4) is 0 Å². The summed E-state index contributed by atoms with van der Waals surface area (Å²) in [5.41, 5.74) is 0.393. The number of amides is 4. The van der Waals surface area contributed by atoms with Gasteiger partial charge in [0, 0.05) is 24.3 Å². The standard InChI is InChI=1S/C33H37N5O6/c1-32(2,3)44-31(42)37-27-15-10-21(18-34-27)19-35-30(41)25-16-33(4)17-26(33)38(25)28(39)20-36-29(40)22-11-13-24(14-12-22)43-23-8-6-5-7-9-23/h5-15,18,25-26H,16-17,19-20H2,1-4H3,(H,35,41)(H,36,40)(H,34,37,42)/t25-,26-,33+/m0/s1. The largest absolute Gasteiger partial charge is 0.457 e. The summed E-state index contributed by atoms with van der Waals surface area (Å²) in [7, 11) is 0. The highest BCUT2D eigenvalue weighted by Crippen LogP contribution is 2.59. The smallest absolute Gasteiger partial charge is 0.413 e. The molecule has 1 saturated heterocycles. The van der Waals surface area contributed by atoms with Crippen LogP contribution in [0.15, 0.2) is 72.9 Å². The predicted octanol–water partition coefficient (Wildman–Crippen LogP) is 4.65. The number of fused-ring (bicyclic) bond motifs is 1. The number of aromatic nitrogens is 1. The Balaban J connectivity index is 1.12. The maximum absolute atomic E-state index is 13.3. The van der Waals surface area contributed by atoms with Crippen LogP contribution >= 0.6 is 0 Å². The van der Waals surface area contributed by atoms with Gasteiger partial charge in [0.15, 0.2) is 0 Å². The summed E-state index contributed by atoms with van der Waals surface area (Å²) < 4.78 is 11.0. The molecule has 2 aromatic carbocycles. The number of carbonyl (C=O) groups excluding carboxylic acids is 4. The lowest BCUT2D eigenvalue weighted by atomic mass is 10.0. The molecule has 3 aromatic rings. The Morgan fingerprint density at radius 1 is 0.932 bits per heavy atom. The number of hydrogen-bond donors (Lipinski definition) is 3. The number of likely N-dealkylation sites (tertiary alicyclic amines) is 1. The van der Waals surface area contributed by atoms with Gasteiger partial charge in [0.2, 0.25) is 11.8 Å². The highest BCUT2D eigenvalue weighted by atomic mass is 16.6. The summed E-state index contributed by atoms with van der Waals surface area (Å²) in [5.74, 6) is 0.658. The van der Waals surface area contributed by atoms with Crippen LogP contribution in [0.25, 0.3) is 0 Å². The van der Waals surface area contributed by atoms with Crippen LogP contribution in [0.4, 0.5) is 10.6 Å². The molecule has 2 heterocycles. The Bertz CT molecular complexity index is 1520. The van der Waals surface area contributed by atoms with Gasteiger partial charge in [0.25, 0.3) is 5.91 Å². The first-order valence-electron chi connectivity index (χ1n) is 14.6. The van der Waals surface area contributed by atoms with Gasteiger partial charge in [-0.15, -0.1) is 0 Å². The van der Waals surface area contributed by atoms with Crippen molar-refractivity contribution in [2.45, 2.75) is 64.8 Å². The van der Waals surface area contributed by atoms with Crippen molar-refractivity contribution in [2.75, 3.05) is 11.9 Å². The number of anilines is 1. The summed E-state index contributed by atoms with van der Waals surface area (Å²) in [6.07, 6.45) is 2.34. The Kier molecular flexibility index (Phi) is 8.57. The lowest BCUT2D eigenvalue weighted by molar-refractivity contribution is -0.139. The van der Waals surface area contributed by atoms with Crippen molar-refractivity contribution in [3.8, 4) is 11.5 Å². The molecule has 1 aliphatic carbocycles. The van der Waals surface area contributed by atoms with Gasteiger partial charge in [0.1, 0.15) is 29.0 Å². The zero-order valence-electron chi connectivity index (χ0n) is 25.3. The lowest BCUT2D eigenvalue weighted by Crippen LogP contribution is -2.50. The molecule has 1 saturated carbocycles. The molecule has 4 amide bonds. The minimum atomic E-state index is -0.627. The second-order valence-corrected chi connectivity index (χ2v) is 12.4. The number of carbonyl (C=O) groups is 4. The molecule has 3 atom stereocenters. The molecule has 5 rings (SSSR count). The maximum Gasteiger partial charge on any atom is 0.413 e. The highest BCUT2D eigenvalue weighted by molar-refractivity contribution is 5.97. The lowest BCUT2D eigenvalue weighted by Gasteiger charge is -2.27. The summed E-state index contributed by atoms with van der Waals surface area (Å²) >= 11 is 0. The minimum Gasteiger partial charge on any atom is -0.457 e. The van der Waals surface area contributed by atoms with E-state index in [1.165, 1.54) is 0 Å². The normalized spacial score (nSPS) is 20.2. The third-order valence-corrected chi connectivity index (χ3v) is 7.64. The maximum atomic E-state index is 13.3. The van der Waals surface area contributed by atoms with E-state index in [-0.39, 0.29) is 42.3 Å². The van der Waals surface area contributed by atoms with Crippen molar-refractivity contribution >= 4 is 29.6 Å². The van der Waals surface area contributed by atoms with Crippen molar-refractivity contribution < 1.29 is 28.7 Å². The zero-order valence-corrected chi connectivity index (χ0v) is 25.3. The number of para-hydroxylation sites is 1. The van der Waals surface area contributed by atoms with Crippen LogP contribution in [0.2, 0.25) is 0 Å². The molecule has 11 nitrogen and oxygen atoms in total. The fourth-order valence-corrected chi connectivity index (χ4v) is 5.33.